The molecule has 0 atom stereocenters. The van der Waals surface area contributed by atoms with Gasteiger partial charge in [0.15, 0.2) is 0 Å². The highest BCUT2D eigenvalue weighted by molar-refractivity contribution is 5.79. The Morgan fingerprint density at radius 3 is 2.95 bits per heavy atom. The van der Waals surface area contributed by atoms with Gasteiger partial charge in [-0.1, -0.05) is 12.1 Å². The van der Waals surface area contributed by atoms with E-state index >= 15 is 0 Å². The average Bonchev–Trinajstić information content (AvgIpc) is 2.93. The van der Waals surface area contributed by atoms with E-state index in [0.717, 1.165) is 32.5 Å². The summed E-state index contributed by atoms with van der Waals surface area (Å²) in [7, 11) is 1.69. The molecule has 0 radical (unpaired) electrons. The maximum absolute atomic E-state index is 5.42. The molecule has 110 valence electrons. The Kier molecular flexibility index (Phi) is 6.57. The number of unbranched alkanes of at least 4 members (excludes halogenated alkanes) is 1. The van der Waals surface area contributed by atoms with Crippen LogP contribution in [-0.4, -0.2) is 38.5 Å². The lowest BCUT2D eigenvalue weighted by Crippen LogP contribution is -2.15. The van der Waals surface area contributed by atoms with E-state index in [9.17, 15) is 0 Å². The fourth-order valence-corrected chi connectivity index (χ4v) is 2.14. The summed E-state index contributed by atoms with van der Waals surface area (Å²) in [6.45, 7) is 4.13. The number of aromatic nitrogens is 1. The molecule has 0 bridgehead atoms. The molecule has 1 aromatic heterocycles. The lowest BCUT2D eigenvalue weighted by Gasteiger charge is -2.06. The predicted octanol–water partition coefficient (Wildman–Crippen LogP) is 2.70. The van der Waals surface area contributed by atoms with Gasteiger partial charge in [-0.3, -0.25) is 0 Å². The number of fused-ring (bicyclic) bond motifs is 1. The van der Waals surface area contributed by atoms with Gasteiger partial charge < -0.3 is 19.8 Å². The van der Waals surface area contributed by atoms with Crippen LogP contribution in [0.5, 0.6) is 0 Å². The van der Waals surface area contributed by atoms with Gasteiger partial charge in [0.1, 0.15) is 0 Å². The molecule has 4 heteroatoms. The predicted molar refractivity (Wildman–Crippen MR) is 81.9 cm³/mol. The molecule has 2 N–H and O–H groups in total. The van der Waals surface area contributed by atoms with Gasteiger partial charge in [0.25, 0.3) is 0 Å². The molecule has 2 aromatic rings. The van der Waals surface area contributed by atoms with Crippen LogP contribution in [0.15, 0.2) is 30.5 Å². The Morgan fingerprint density at radius 2 is 2.05 bits per heavy atom. The molecule has 0 spiro atoms. The van der Waals surface area contributed by atoms with Gasteiger partial charge in [-0.2, -0.15) is 0 Å². The van der Waals surface area contributed by atoms with Crippen molar-refractivity contribution in [3.8, 4) is 0 Å². The average molecular weight is 276 g/mol. The summed E-state index contributed by atoms with van der Waals surface area (Å²) in [6, 6.07) is 8.63. The molecular formula is C16H24N2O2. The van der Waals surface area contributed by atoms with E-state index in [1.807, 2.05) is 6.20 Å². The van der Waals surface area contributed by atoms with Gasteiger partial charge >= 0.3 is 0 Å². The number of aromatic amines is 1. The van der Waals surface area contributed by atoms with Crippen molar-refractivity contribution >= 4 is 10.9 Å². The second kappa shape index (κ2) is 8.74. The third kappa shape index (κ3) is 4.96. The molecule has 0 unspecified atom stereocenters. The van der Waals surface area contributed by atoms with Gasteiger partial charge in [-0.15, -0.1) is 0 Å². The fraction of sp³-hybridized carbons (Fsp3) is 0.500. The van der Waals surface area contributed by atoms with E-state index in [1.54, 1.807) is 7.11 Å². The molecule has 1 heterocycles. The lowest BCUT2D eigenvalue weighted by atomic mass is 10.1. The minimum Gasteiger partial charge on any atom is -0.382 e. The molecule has 0 saturated carbocycles. The van der Waals surface area contributed by atoms with Crippen LogP contribution in [0.2, 0.25) is 0 Å². The topological polar surface area (TPSA) is 46.3 Å². The van der Waals surface area contributed by atoms with Crippen molar-refractivity contribution in [1.82, 2.24) is 10.3 Å². The zero-order valence-electron chi connectivity index (χ0n) is 12.2. The smallest absolute Gasteiger partial charge is 0.0700 e. The summed E-state index contributed by atoms with van der Waals surface area (Å²) in [5, 5.41) is 4.73. The maximum Gasteiger partial charge on any atom is 0.0700 e. The summed E-state index contributed by atoms with van der Waals surface area (Å²) in [4.78, 5) is 3.24. The number of rotatable bonds is 10. The molecule has 0 fully saturated rings. The number of nitrogens with one attached hydrogen (secondary N) is 2. The molecule has 0 saturated heterocycles. The zero-order valence-corrected chi connectivity index (χ0v) is 12.2. The third-order valence-corrected chi connectivity index (χ3v) is 3.27. The van der Waals surface area contributed by atoms with Gasteiger partial charge in [0.2, 0.25) is 0 Å². The first-order valence-electron chi connectivity index (χ1n) is 7.23. The first kappa shape index (κ1) is 15.0. The Labute approximate surface area is 120 Å². The summed E-state index contributed by atoms with van der Waals surface area (Å²) >= 11 is 0. The van der Waals surface area contributed by atoms with Crippen molar-refractivity contribution in [2.45, 2.75) is 19.4 Å². The van der Waals surface area contributed by atoms with Crippen LogP contribution in [0, 0.1) is 0 Å². The summed E-state index contributed by atoms with van der Waals surface area (Å²) in [5.74, 6) is 0. The molecule has 0 aliphatic rings. The van der Waals surface area contributed by atoms with Crippen molar-refractivity contribution < 1.29 is 9.47 Å². The third-order valence-electron chi connectivity index (χ3n) is 3.27. The number of ether oxygens (including phenoxy) is 2. The Balaban J connectivity index is 1.54. The standard InChI is InChI=1S/C16H24N2O2/c1-19-10-11-20-9-3-2-7-17-13-14-4-5-15-6-8-18-16(15)12-14/h4-6,8,12,17-18H,2-3,7,9-11,13H2,1H3. The molecular weight excluding hydrogens is 252 g/mol. The van der Waals surface area contributed by atoms with E-state index in [4.69, 9.17) is 9.47 Å². The van der Waals surface area contributed by atoms with E-state index in [2.05, 4.69) is 34.6 Å². The van der Waals surface area contributed by atoms with Crippen LogP contribution >= 0.6 is 0 Å². The largest absolute Gasteiger partial charge is 0.382 e. The monoisotopic (exact) mass is 276 g/mol. The normalized spacial score (nSPS) is 11.2. The van der Waals surface area contributed by atoms with Gasteiger partial charge in [-0.05, 0) is 42.5 Å². The fourth-order valence-electron chi connectivity index (χ4n) is 2.14. The Hall–Kier alpha value is -1.36. The molecule has 2 rings (SSSR count). The van der Waals surface area contributed by atoms with Crippen LogP contribution in [0.1, 0.15) is 18.4 Å². The Morgan fingerprint density at radius 1 is 1.10 bits per heavy atom. The molecule has 0 aliphatic heterocycles. The Bertz CT molecular complexity index is 496. The first-order valence-corrected chi connectivity index (χ1v) is 7.23. The van der Waals surface area contributed by atoms with Gasteiger partial charge in [-0.25, -0.2) is 0 Å². The van der Waals surface area contributed by atoms with Crippen LogP contribution in [-0.2, 0) is 16.0 Å². The second-order valence-electron chi connectivity index (χ2n) is 4.89. The second-order valence-corrected chi connectivity index (χ2v) is 4.89. The number of H-pyrrole nitrogens is 1. The van der Waals surface area contributed by atoms with Crippen LogP contribution in [0.4, 0.5) is 0 Å². The van der Waals surface area contributed by atoms with Crippen LogP contribution < -0.4 is 5.32 Å². The molecule has 1 aromatic carbocycles. The molecule has 0 amide bonds. The van der Waals surface area contributed by atoms with Crippen molar-refractivity contribution in [3.05, 3.63) is 36.0 Å². The van der Waals surface area contributed by atoms with Gasteiger partial charge in [0.05, 0.1) is 13.2 Å². The highest BCUT2D eigenvalue weighted by Gasteiger charge is 1.97. The van der Waals surface area contributed by atoms with E-state index in [-0.39, 0.29) is 0 Å². The summed E-state index contributed by atoms with van der Waals surface area (Å²) < 4.78 is 10.3. The number of methoxy groups -OCH3 is 1. The first-order chi connectivity index (χ1) is 9.90. The quantitative estimate of drug-likeness (QED) is 0.656. The van der Waals surface area contributed by atoms with E-state index < -0.39 is 0 Å². The van der Waals surface area contributed by atoms with E-state index in [0.29, 0.717) is 13.2 Å². The highest BCUT2D eigenvalue weighted by atomic mass is 16.5. The molecule has 0 aliphatic carbocycles. The number of hydrogen-bond acceptors (Lipinski definition) is 3. The minimum atomic E-state index is 0.680. The van der Waals surface area contributed by atoms with Crippen molar-refractivity contribution in [1.29, 1.82) is 0 Å². The zero-order chi connectivity index (χ0) is 14.0. The number of hydrogen-bond donors (Lipinski definition) is 2. The van der Waals surface area contributed by atoms with Crippen molar-refractivity contribution in [2.75, 3.05) is 33.5 Å². The van der Waals surface area contributed by atoms with Crippen molar-refractivity contribution in [2.24, 2.45) is 0 Å². The number of benzene rings is 1. The summed E-state index contributed by atoms with van der Waals surface area (Å²) in [5.41, 5.74) is 2.52. The molecule has 20 heavy (non-hydrogen) atoms. The summed E-state index contributed by atoms with van der Waals surface area (Å²) in [6.07, 6.45) is 4.20. The van der Waals surface area contributed by atoms with Crippen LogP contribution in [0.3, 0.4) is 0 Å². The SMILES string of the molecule is COCCOCCCCNCc1ccc2cc[nH]c2c1. The van der Waals surface area contributed by atoms with Crippen molar-refractivity contribution in [3.63, 3.8) is 0 Å². The maximum atomic E-state index is 5.42. The van der Waals surface area contributed by atoms with Crippen LogP contribution in [0.25, 0.3) is 10.9 Å². The molecule has 4 nitrogen and oxygen atoms in total. The lowest BCUT2D eigenvalue weighted by molar-refractivity contribution is 0.0688. The highest BCUT2D eigenvalue weighted by Crippen LogP contribution is 2.13. The van der Waals surface area contributed by atoms with E-state index in [1.165, 1.54) is 16.5 Å². The van der Waals surface area contributed by atoms with Gasteiger partial charge in [0, 0.05) is 32.0 Å². The minimum absolute atomic E-state index is 0.680.